The molecule has 0 spiro atoms. The van der Waals surface area contributed by atoms with Crippen LogP contribution in [-0.4, -0.2) is 29.8 Å². The van der Waals surface area contributed by atoms with Crippen molar-refractivity contribution in [3.63, 3.8) is 0 Å². The number of carbonyl (C=O) groups is 2. The predicted molar refractivity (Wildman–Crippen MR) is 103 cm³/mol. The number of amides is 2. The fraction of sp³-hybridized carbons (Fsp3) is 0.200. The number of carbonyl (C=O) groups excluding carboxylic acids is 2. The lowest BCUT2D eigenvalue weighted by Gasteiger charge is -2.19. The molecule has 0 aromatic heterocycles. The van der Waals surface area contributed by atoms with Crippen molar-refractivity contribution in [1.29, 1.82) is 0 Å². The minimum atomic E-state index is -4.59. The Labute approximate surface area is 165 Å². The van der Waals surface area contributed by atoms with E-state index < -0.39 is 23.6 Å². The summed E-state index contributed by atoms with van der Waals surface area (Å²) in [7, 11) is 0. The zero-order chi connectivity index (χ0) is 20.7. The molecule has 0 saturated heterocycles. The van der Waals surface area contributed by atoms with Gasteiger partial charge in [-0.05, 0) is 42.8 Å². The first kappa shape index (κ1) is 21.5. The summed E-state index contributed by atoms with van der Waals surface area (Å²) in [5.74, 6) is -1.15. The van der Waals surface area contributed by atoms with Gasteiger partial charge in [-0.1, -0.05) is 35.9 Å². The van der Waals surface area contributed by atoms with E-state index in [1.54, 1.807) is 37.3 Å². The lowest BCUT2D eigenvalue weighted by Crippen LogP contribution is -2.37. The van der Waals surface area contributed by atoms with Gasteiger partial charge >= 0.3 is 6.18 Å². The van der Waals surface area contributed by atoms with E-state index in [0.29, 0.717) is 5.02 Å². The quantitative estimate of drug-likeness (QED) is 0.691. The molecule has 1 N–H and O–H groups in total. The molecule has 0 saturated carbocycles. The molecular formula is C20H18ClF3N2O2. The normalized spacial score (nSPS) is 11.5. The molecule has 0 fully saturated rings. The Morgan fingerprint density at radius 1 is 1.11 bits per heavy atom. The highest BCUT2D eigenvalue weighted by Crippen LogP contribution is 2.34. The third-order valence-electron chi connectivity index (χ3n) is 3.82. The molecular weight excluding hydrogens is 393 g/mol. The monoisotopic (exact) mass is 410 g/mol. The Balaban J connectivity index is 2.03. The van der Waals surface area contributed by atoms with E-state index in [-0.39, 0.29) is 18.8 Å². The van der Waals surface area contributed by atoms with E-state index in [1.807, 2.05) is 0 Å². The van der Waals surface area contributed by atoms with Gasteiger partial charge in [-0.15, -0.1) is 0 Å². The summed E-state index contributed by atoms with van der Waals surface area (Å²) in [6.45, 7) is 1.52. The van der Waals surface area contributed by atoms with E-state index in [9.17, 15) is 22.8 Å². The number of para-hydroxylation sites is 1. The summed E-state index contributed by atoms with van der Waals surface area (Å²) in [5.41, 5.74) is -0.544. The molecule has 8 heteroatoms. The van der Waals surface area contributed by atoms with Crippen LogP contribution in [-0.2, 0) is 15.8 Å². The van der Waals surface area contributed by atoms with Crippen molar-refractivity contribution < 1.29 is 22.8 Å². The van der Waals surface area contributed by atoms with Crippen molar-refractivity contribution in [3.8, 4) is 0 Å². The summed E-state index contributed by atoms with van der Waals surface area (Å²) in [6.07, 6.45) is -1.73. The maximum absolute atomic E-state index is 13.0. The van der Waals surface area contributed by atoms with E-state index >= 15 is 0 Å². The number of nitrogens with zero attached hydrogens (tertiary/aromatic N) is 1. The molecule has 148 valence electrons. The zero-order valence-corrected chi connectivity index (χ0v) is 15.7. The minimum absolute atomic E-state index is 0.220. The summed E-state index contributed by atoms with van der Waals surface area (Å²) in [4.78, 5) is 25.7. The van der Waals surface area contributed by atoms with Crippen LogP contribution in [0.2, 0.25) is 5.02 Å². The van der Waals surface area contributed by atoms with Crippen LogP contribution in [0, 0.1) is 0 Å². The molecule has 2 rings (SSSR count). The number of rotatable bonds is 6. The Kier molecular flexibility index (Phi) is 7.23. The summed E-state index contributed by atoms with van der Waals surface area (Å²) in [5, 5.41) is 2.79. The highest BCUT2D eigenvalue weighted by Gasteiger charge is 2.33. The number of hydrogen-bond acceptors (Lipinski definition) is 2. The summed E-state index contributed by atoms with van der Waals surface area (Å²) < 4.78 is 39.0. The number of halogens is 4. The molecule has 0 heterocycles. The van der Waals surface area contributed by atoms with Crippen molar-refractivity contribution in [2.75, 3.05) is 18.4 Å². The third kappa shape index (κ3) is 6.13. The van der Waals surface area contributed by atoms with Gasteiger partial charge in [0.2, 0.25) is 11.8 Å². The second-order valence-corrected chi connectivity index (χ2v) is 6.27. The smallest absolute Gasteiger partial charge is 0.330 e. The summed E-state index contributed by atoms with van der Waals surface area (Å²) in [6, 6.07) is 11.5. The Hall–Kier alpha value is -2.80. The van der Waals surface area contributed by atoms with Gasteiger partial charge in [0.25, 0.3) is 0 Å². The SMILES string of the molecule is CCN(CC(=O)Nc1ccccc1C(F)(F)F)C(=O)/C=C/c1ccc(Cl)cc1. The molecule has 0 aliphatic heterocycles. The lowest BCUT2D eigenvalue weighted by atomic mass is 10.1. The van der Waals surface area contributed by atoms with Gasteiger partial charge in [0, 0.05) is 17.6 Å². The number of alkyl halides is 3. The maximum atomic E-state index is 13.0. The van der Waals surface area contributed by atoms with Gasteiger partial charge in [-0.2, -0.15) is 13.2 Å². The van der Waals surface area contributed by atoms with Crippen molar-refractivity contribution in [2.24, 2.45) is 0 Å². The molecule has 0 unspecified atom stereocenters. The number of hydrogen-bond donors (Lipinski definition) is 1. The number of benzene rings is 2. The van der Waals surface area contributed by atoms with Crippen LogP contribution in [0.1, 0.15) is 18.1 Å². The molecule has 0 aliphatic carbocycles. The molecule has 2 aromatic carbocycles. The molecule has 2 aromatic rings. The van der Waals surface area contributed by atoms with Gasteiger partial charge in [0.05, 0.1) is 11.3 Å². The topological polar surface area (TPSA) is 49.4 Å². The van der Waals surface area contributed by atoms with Crippen molar-refractivity contribution in [3.05, 3.63) is 70.8 Å². The van der Waals surface area contributed by atoms with E-state index in [0.717, 1.165) is 11.6 Å². The number of anilines is 1. The van der Waals surface area contributed by atoms with Crippen LogP contribution < -0.4 is 5.32 Å². The van der Waals surface area contributed by atoms with Gasteiger partial charge in [-0.25, -0.2) is 0 Å². The Morgan fingerprint density at radius 2 is 1.75 bits per heavy atom. The average molecular weight is 411 g/mol. The predicted octanol–water partition coefficient (Wildman–Crippen LogP) is 4.86. The molecule has 2 amide bonds. The Bertz CT molecular complexity index is 864. The molecule has 0 atom stereocenters. The third-order valence-corrected chi connectivity index (χ3v) is 4.07. The van der Waals surface area contributed by atoms with Crippen LogP contribution >= 0.6 is 11.6 Å². The van der Waals surface area contributed by atoms with Gasteiger partial charge in [-0.3, -0.25) is 9.59 Å². The minimum Gasteiger partial charge on any atom is -0.330 e. The Morgan fingerprint density at radius 3 is 2.36 bits per heavy atom. The fourth-order valence-corrected chi connectivity index (χ4v) is 2.52. The van der Waals surface area contributed by atoms with E-state index in [4.69, 9.17) is 11.6 Å². The largest absolute Gasteiger partial charge is 0.418 e. The average Bonchev–Trinajstić information content (AvgIpc) is 2.65. The van der Waals surface area contributed by atoms with Gasteiger partial charge in [0.15, 0.2) is 0 Å². The van der Waals surface area contributed by atoms with E-state index in [1.165, 1.54) is 29.2 Å². The standard InChI is InChI=1S/C20H18ClF3N2O2/c1-2-26(19(28)12-9-14-7-10-15(21)11-8-14)13-18(27)25-17-6-4-3-5-16(17)20(22,23)24/h3-12H,2,13H2,1H3,(H,25,27)/b12-9+. The van der Waals surface area contributed by atoms with Crippen LogP contribution in [0.15, 0.2) is 54.6 Å². The second-order valence-electron chi connectivity index (χ2n) is 5.83. The molecule has 4 nitrogen and oxygen atoms in total. The van der Waals surface area contributed by atoms with Crippen LogP contribution in [0.5, 0.6) is 0 Å². The highest BCUT2D eigenvalue weighted by atomic mass is 35.5. The molecule has 28 heavy (non-hydrogen) atoms. The van der Waals surface area contributed by atoms with Crippen LogP contribution in [0.25, 0.3) is 6.08 Å². The van der Waals surface area contributed by atoms with Crippen molar-refractivity contribution in [1.82, 2.24) is 4.90 Å². The van der Waals surface area contributed by atoms with Gasteiger partial charge < -0.3 is 10.2 Å². The zero-order valence-electron chi connectivity index (χ0n) is 15.0. The molecule has 0 bridgehead atoms. The van der Waals surface area contributed by atoms with Gasteiger partial charge in [0.1, 0.15) is 6.54 Å². The van der Waals surface area contributed by atoms with Crippen LogP contribution in [0.3, 0.4) is 0 Å². The maximum Gasteiger partial charge on any atom is 0.418 e. The first-order valence-electron chi connectivity index (χ1n) is 8.39. The summed E-state index contributed by atoms with van der Waals surface area (Å²) >= 11 is 5.80. The molecule has 0 radical (unpaired) electrons. The first-order valence-corrected chi connectivity index (χ1v) is 8.77. The second kappa shape index (κ2) is 9.41. The lowest BCUT2D eigenvalue weighted by molar-refractivity contribution is -0.137. The highest BCUT2D eigenvalue weighted by molar-refractivity contribution is 6.30. The number of likely N-dealkylation sites (N-methyl/N-ethyl adjacent to an activating group) is 1. The van der Waals surface area contributed by atoms with E-state index in [2.05, 4.69) is 5.32 Å². The fourth-order valence-electron chi connectivity index (χ4n) is 2.39. The van der Waals surface area contributed by atoms with Crippen molar-refractivity contribution >= 4 is 35.2 Å². The first-order chi connectivity index (χ1) is 13.2. The number of nitrogens with one attached hydrogen (secondary N) is 1. The van der Waals surface area contributed by atoms with Crippen molar-refractivity contribution in [2.45, 2.75) is 13.1 Å². The van der Waals surface area contributed by atoms with Crippen LogP contribution in [0.4, 0.5) is 18.9 Å². The molecule has 0 aliphatic rings.